The van der Waals surface area contributed by atoms with Crippen molar-refractivity contribution >= 4 is 17.9 Å². The van der Waals surface area contributed by atoms with Gasteiger partial charge in [-0.2, -0.15) is 0 Å². The second-order valence-corrected chi connectivity index (χ2v) is 9.78. The summed E-state index contributed by atoms with van der Waals surface area (Å²) in [6.45, 7) is 6.02. The Morgan fingerprint density at radius 2 is 2.04 bits per heavy atom. The average Bonchev–Trinajstić information content (AvgIpc) is 2.91. The van der Waals surface area contributed by atoms with Crippen molar-refractivity contribution < 1.29 is 19.5 Å². The summed E-state index contributed by atoms with van der Waals surface area (Å²) in [6, 6.07) is 0. The van der Waals surface area contributed by atoms with Crippen molar-refractivity contribution in [1.82, 2.24) is 0 Å². The molecule has 26 heavy (non-hydrogen) atoms. The number of aldehydes is 1. The van der Waals surface area contributed by atoms with E-state index in [1.54, 1.807) is 13.0 Å². The number of allylic oxidation sites excluding steroid dienone is 1. The molecule has 1 N–H and O–H groups in total. The van der Waals surface area contributed by atoms with Crippen molar-refractivity contribution in [2.45, 2.75) is 65.4 Å². The summed E-state index contributed by atoms with van der Waals surface area (Å²) in [5.41, 5.74) is 0.507. The van der Waals surface area contributed by atoms with Crippen LogP contribution >= 0.6 is 0 Å². The third kappa shape index (κ3) is 2.27. The average molecular weight is 358 g/mol. The van der Waals surface area contributed by atoms with Gasteiger partial charge in [-0.3, -0.25) is 9.59 Å². The number of ketones is 2. The minimum Gasteiger partial charge on any atom is -0.393 e. The molecule has 0 aromatic carbocycles. The molecular formula is C22H30O4. The van der Waals surface area contributed by atoms with Crippen molar-refractivity contribution in [2.75, 3.05) is 0 Å². The van der Waals surface area contributed by atoms with Crippen LogP contribution in [0.15, 0.2) is 11.6 Å². The number of carbonyl (C=O) groups excluding carboxylic acids is 3. The standard InChI is InChI=1S/C22H30O4/c1-12(24)16-4-5-17-15-8-13(11-23)18-9-14(25)6-7-21(18,2)20(15)19(26)10-22(16,17)3/h9,11,13,15-17,19-20,26H,4-8,10H2,1-3H3. The van der Waals surface area contributed by atoms with Crippen molar-refractivity contribution in [3.05, 3.63) is 11.6 Å². The first-order valence-electron chi connectivity index (χ1n) is 10.1. The van der Waals surface area contributed by atoms with Gasteiger partial charge in [-0.05, 0) is 73.7 Å². The van der Waals surface area contributed by atoms with Gasteiger partial charge in [-0.25, -0.2) is 0 Å². The van der Waals surface area contributed by atoms with E-state index in [9.17, 15) is 19.5 Å². The highest BCUT2D eigenvalue weighted by Crippen LogP contribution is 2.67. The van der Waals surface area contributed by atoms with Gasteiger partial charge >= 0.3 is 0 Å². The van der Waals surface area contributed by atoms with Crippen LogP contribution in [-0.2, 0) is 14.4 Å². The van der Waals surface area contributed by atoms with Gasteiger partial charge in [0, 0.05) is 18.3 Å². The Bertz CT molecular complexity index is 694. The van der Waals surface area contributed by atoms with Crippen molar-refractivity contribution in [1.29, 1.82) is 0 Å². The van der Waals surface area contributed by atoms with Gasteiger partial charge in [-0.15, -0.1) is 0 Å². The molecule has 0 amide bonds. The van der Waals surface area contributed by atoms with Crippen LogP contribution in [0.1, 0.15) is 59.3 Å². The van der Waals surface area contributed by atoms with Crippen molar-refractivity contribution in [3.63, 3.8) is 0 Å². The zero-order valence-electron chi connectivity index (χ0n) is 16.0. The molecule has 3 fully saturated rings. The predicted octanol–water partition coefficient (Wildman–Crippen LogP) is 3.12. The van der Waals surface area contributed by atoms with Crippen LogP contribution in [-0.4, -0.2) is 29.1 Å². The quantitative estimate of drug-likeness (QED) is 0.770. The van der Waals surface area contributed by atoms with Gasteiger partial charge in [0.25, 0.3) is 0 Å². The maximum Gasteiger partial charge on any atom is 0.155 e. The smallest absolute Gasteiger partial charge is 0.155 e. The van der Waals surface area contributed by atoms with E-state index < -0.39 is 6.10 Å². The molecule has 4 aliphatic carbocycles. The summed E-state index contributed by atoms with van der Waals surface area (Å²) in [5, 5.41) is 11.2. The molecule has 0 radical (unpaired) electrons. The van der Waals surface area contributed by atoms with Crippen molar-refractivity contribution in [3.8, 4) is 0 Å². The van der Waals surface area contributed by atoms with E-state index in [0.29, 0.717) is 25.2 Å². The van der Waals surface area contributed by atoms with Gasteiger partial charge in [0.15, 0.2) is 5.78 Å². The first kappa shape index (κ1) is 18.1. The lowest BCUT2D eigenvalue weighted by Gasteiger charge is -2.60. The Kier molecular flexibility index (Phi) is 4.07. The molecular weight excluding hydrogens is 328 g/mol. The number of aliphatic hydroxyl groups excluding tert-OH is 1. The summed E-state index contributed by atoms with van der Waals surface area (Å²) in [4.78, 5) is 36.2. The molecule has 8 unspecified atom stereocenters. The van der Waals surface area contributed by atoms with Crippen LogP contribution in [0, 0.1) is 40.4 Å². The zero-order valence-corrected chi connectivity index (χ0v) is 16.0. The highest BCUT2D eigenvalue weighted by Gasteiger charge is 2.63. The summed E-state index contributed by atoms with van der Waals surface area (Å²) < 4.78 is 0. The molecule has 0 aromatic rings. The monoisotopic (exact) mass is 358 g/mol. The van der Waals surface area contributed by atoms with Gasteiger partial charge in [-0.1, -0.05) is 19.4 Å². The fourth-order valence-corrected chi connectivity index (χ4v) is 7.63. The summed E-state index contributed by atoms with van der Waals surface area (Å²) in [7, 11) is 0. The Labute approximate surface area is 155 Å². The molecule has 0 heterocycles. The predicted molar refractivity (Wildman–Crippen MR) is 97.2 cm³/mol. The Morgan fingerprint density at radius 1 is 1.31 bits per heavy atom. The molecule has 4 nitrogen and oxygen atoms in total. The molecule has 4 rings (SSSR count). The summed E-state index contributed by atoms with van der Waals surface area (Å²) in [6.07, 6.45) is 6.73. The molecule has 0 bridgehead atoms. The topological polar surface area (TPSA) is 71.4 Å². The van der Waals surface area contributed by atoms with E-state index in [1.165, 1.54) is 0 Å². The number of carbonyl (C=O) groups is 3. The molecule has 3 saturated carbocycles. The van der Waals surface area contributed by atoms with Crippen molar-refractivity contribution in [2.24, 2.45) is 40.4 Å². The number of rotatable bonds is 2. The molecule has 0 saturated heterocycles. The fraction of sp³-hybridized carbons (Fsp3) is 0.773. The van der Waals surface area contributed by atoms with Gasteiger partial charge in [0.2, 0.25) is 0 Å². The van der Waals surface area contributed by atoms with Crippen LogP contribution in [0.3, 0.4) is 0 Å². The Hall–Kier alpha value is -1.29. The number of aliphatic hydroxyl groups is 1. The van der Waals surface area contributed by atoms with Gasteiger partial charge in [0.05, 0.1) is 6.10 Å². The Morgan fingerprint density at radius 3 is 2.69 bits per heavy atom. The van der Waals surface area contributed by atoms with E-state index >= 15 is 0 Å². The lowest BCUT2D eigenvalue weighted by Crippen LogP contribution is -2.58. The maximum atomic E-state index is 12.2. The first-order chi connectivity index (χ1) is 12.2. The van der Waals surface area contributed by atoms with E-state index in [0.717, 1.165) is 31.1 Å². The SMILES string of the molecule is CC(=O)C1CCC2C3CC(C=O)C4=CC(=O)CCC4(C)C3C(O)CC12C. The lowest BCUT2D eigenvalue weighted by atomic mass is 9.44. The molecule has 0 aliphatic heterocycles. The van der Waals surface area contributed by atoms with E-state index in [1.807, 2.05) is 0 Å². The maximum absolute atomic E-state index is 12.2. The number of hydrogen-bond acceptors (Lipinski definition) is 4. The minimum absolute atomic E-state index is 0.0236. The van der Waals surface area contributed by atoms with Crippen LogP contribution in [0.5, 0.6) is 0 Å². The largest absolute Gasteiger partial charge is 0.393 e. The molecule has 4 aliphatic rings. The van der Waals surface area contributed by atoms with E-state index in [-0.39, 0.29) is 46.1 Å². The normalized spacial score (nSPS) is 50.3. The van der Waals surface area contributed by atoms with E-state index in [4.69, 9.17) is 0 Å². The molecule has 142 valence electrons. The fourth-order valence-electron chi connectivity index (χ4n) is 7.63. The number of hydrogen-bond donors (Lipinski definition) is 1. The van der Waals surface area contributed by atoms with Crippen LogP contribution in [0.25, 0.3) is 0 Å². The lowest BCUT2D eigenvalue weighted by molar-refractivity contribution is -0.149. The van der Waals surface area contributed by atoms with Gasteiger partial charge in [0.1, 0.15) is 12.1 Å². The third-order valence-corrected chi connectivity index (χ3v) is 8.63. The second-order valence-electron chi connectivity index (χ2n) is 9.78. The second kappa shape index (κ2) is 5.85. The molecule has 0 spiro atoms. The summed E-state index contributed by atoms with van der Waals surface area (Å²) in [5.74, 6) is 0.851. The van der Waals surface area contributed by atoms with Crippen LogP contribution in [0.2, 0.25) is 0 Å². The highest BCUT2D eigenvalue weighted by atomic mass is 16.3. The van der Waals surface area contributed by atoms with Crippen LogP contribution in [0.4, 0.5) is 0 Å². The van der Waals surface area contributed by atoms with Gasteiger partial charge < -0.3 is 9.90 Å². The number of fused-ring (bicyclic) bond motifs is 5. The third-order valence-electron chi connectivity index (χ3n) is 8.63. The number of Topliss-reactive ketones (excluding diaryl/α,β-unsaturated/α-hetero) is 1. The molecule has 0 aromatic heterocycles. The highest BCUT2D eigenvalue weighted by molar-refractivity contribution is 5.92. The zero-order chi connectivity index (χ0) is 18.9. The minimum atomic E-state index is -0.476. The van der Waals surface area contributed by atoms with Crippen LogP contribution < -0.4 is 0 Å². The van der Waals surface area contributed by atoms with E-state index in [2.05, 4.69) is 13.8 Å². The summed E-state index contributed by atoms with van der Waals surface area (Å²) >= 11 is 0. The first-order valence-corrected chi connectivity index (χ1v) is 10.1. The molecule has 8 atom stereocenters. The Balaban J connectivity index is 1.78. The molecule has 4 heteroatoms.